The summed E-state index contributed by atoms with van der Waals surface area (Å²) in [6.45, 7) is 1.74. The highest BCUT2D eigenvalue weighted by Crippen LogP contribution is 2.30. The van der Waals surface area contributed by atoms with Crippen molar-refractivity contribution in [3.8, 4) is 0 Å². The summed E-state index contributed by atoms with van der Waals surface area (Å²) in [7, 11) is 0. The lowest BCUT2D eigenvalue weighted by molar-refractivity contribution is -0.142. The number of hydrogen-bond donors (Lipinski definition) is 1. The molecule has 1 atom stereocenters. The fourth-order valence-corrected chi connectivity index (χ4v) is 2.42. The van der Waals surface area contributed by atoms with Crippen molar-refractivity contribution in [1.29, 1.82) is 0 Å². The normalized spacial score (nSPS) is 15.3. The maximum absolute atomic E-state index is 12.5. The Kier molecular flexibility index (Phi) is 3.78. The van der Waals surface area contributed by atoms with Crippen molar-refractivity contribution < 1.29 is 27.3 Å². The maximum Gasteiger partial charge on any atom is 0.436 e. The smallest absolute Gasteiger partial charge is 0.338 e. The van der Waals surface area contributed by atoms with Gasteiger partial charge in [0.1, 0.15) is 6.04 Å². The van der Waals surface area contributed by atoms with E-state index in [0.717, 1.165) is 5.56 Å². The van der Waals surface area contributed by atoms with E-state index in [1.807, 2.05) is 0 Å². The molecule has 0 aliphatic carbocycles. The molecule has 6 nitrogen and oxygen atoms in total. The first kappa shape index (κ1) is 16.0. The van der Waals surface area contributed by atoms with E-state index in [1.165, 1.54) is 11.8 Å². The van der Waals surface area contributed by atoms with Crippen LogP contribution in [-0.2, 0) is 17.5 Å². The third-order valence-electron chi connectivity index (χ3n) is 3.74. The number of benzene rings is 1. The Labute approximate surface area is 134 Å². The number of amides is 2. The van der Waals surface area contributed by atoms with E-state index in [4.69, 9.17) is 0 Å². The average Bonchev–Trinajstić information content (AvgIpc) is 3.12. The van der Waals surface area contributed by atoms with E-state index in [1.54, 1.807) is 24.3 Å². The van der Waals surface area contributed by atoms with E-state index in [9.17, 15) is 22.8 Å². The van der Waals surface area contributed by atoms with Gasteiger partial charge in [0.05, 0.1) is 0 Å². The number of fused-ring (bicyclic) bond motifs is 1. The molecule has 0 bridgehead atoms. The van der Waals surface area contributed by atoms with Crippen molar-refractivity contribution in [2.75, 3.05) is 5.32 Å². The van der Waals surface area contributed by atoms with Gasteiger partial charge in [-0.3, -0.25) is 14.9 Å². The fraction of sp³-hybridized carbons (Fsp3) is 0.267. The van der Waals surface area contributed by atoms with Crippen LogP contribution in [-0.4, -0.2) is 27.9 Å². The first-order valence-corrected chi connectivity index (χ1v) is 7.01. The highest BCUT2D eigenvalue weighted by atomic mass is 19.4. The lowest BCUT2D eigenvalue weighted by Crippen LogP contribution is -2.42. The van der Waals surface area contributed by atoms with Crippen LogP contribution in [0.25, 0.3) is 0 Å². The zero-order valence-corrected chi connectivity index (χ0v) is 12.4. The molecule has 0 saturated heterocycles. The Morgan fingerprint density at radius 3 is 2.71 bits per heavy atom. The van der Waals surface area contributed by atoms with Gasteiger partial charge in [0.2, 0.25) is 11.8 Å². The number of carbonyl (C=O) groups is 2. The lowest BCUT2D eigenvalue weighted by atomic mass is 10.1. The summed E-state index contributed by atoms with van der Waals surface area (Å²) in [5.41, 5.74) is 0.0625. The number of anilines is 1. The molecule has 1 aliphatic rings. The van der Waals surface area contributed by atoms with Gasteiger partial charge in [-0.1, -0.05) is 23.4 Å². The second kappa shape index (κ2) is 5.66. The van der Waals surface area contributed by atoms with E-state index in [2.05, 4.69) is 15.0 Å². The third-order valence-corrected chi connectivity index (χ3v) is 3.74. The quantitative estimate of drug-likeness (QED) is 0.933. The second-order valence-electron chi connectivity index (χ2n) is 5.33. The molecule has 2 amide bonds. The molecule has 0 fully saturated rings. The summed E-state index contributed by atoms with van der Waals surface area (Å²) < 4.78 is 41.8. The van der Waals surface area contributed by atoms with E-state index < -0.39 is 29.7 Å². The molecule has 9 heteroatoms. The molecule has 24 heavy (non-hydrogen) atoms. The summed E-state index contributed by atoms with van der Waals surface area (Å²) in [4.78, 5) is 25.8. The van der Waals surface area contributed by atoms with Crippen LogP contribution in [0.5, 0.6) is 0 Å². The molecular weight excluding hydrogens is 327 g/mol. The Hall–Kier alpha value is -2.84. The minimum absolute atomic E-state index is 0.258. The predicted molar refractivity (Wildman–Crippen MR) is 75.9 cm³/mol. The van der Waals surface area contributed by atoms with Gasteiger partial charge in [-0.25, -0.2) is 0 Å². The molecular formula is C15H12F3N3O3. The lowest BCUT2D eigenvalue weighted by Gasteiger charge is -2.22. The standard InChI is InChI=1S/C15H12F3N3O3/c1-8(21-7-9-4-2-3-5-10(9)14(21)23)13(22)19-12-6-11(20-24-12)15(16,17)18/h2-6,8H,7H2,1H3,(H,19,22)/t8-/m1/s1. The third kappa shape index (κ3) is 2.84. The number of carbonyl (C=O) groups excluding carboxylic acids is 2. The largest absolute Gasteiger partial charge is 0.436 e. The van der Waals surface area contributed by atoms with Gasteiger partial charge < -0.3 is 9.42 Å². The van der Waals surface area contributed by atoms with Gasteiger partial charge in [-0.15, -0.1) is 0 Å². The second-order valence-corrected chi connectivity index (χ2v) is 5.33. The van der Waals surface area contributed by atoms with Gasteiger partial charge in [0.15, 0.2) is 5.69 Å². The van der Waals surface area contributed by atoms with Gasteiger partial charge in [0.25, 0.3) is 5.91 Å². The number of rotatable bonds is 3. The molecule has 0 spiro atoms. The highest BCUT2D eigenvalue weighted by Gasteiger charge is 2.36. The summed E-state index contributed by atoms with van der Waals surface area (Å²) >= 11 is 0. The minimum Gasteiger partial charge on any atom is -0.338 e. The monoisotopic (exact) mass is 339 g/mol. The summed E-state index contributed by atoms with van der Waals surface area (Å²) in [5.74, 6) is -1.40. The van der Waals surface area contributed by atoms with Crippen LogP contribution in [0.4, 0.5) is 19.1 Å². The fourth-order valence-electron chi connectivity index (χ4n) is 2.42. The number of halogens is 3. The molecule has 2 heterocycles. The van der Waals surface area contributed by atoms with Crippen molar-refractivity contribution in [3.05, 3.63) is 47.2 Å². The SMILES string of the molecule is C[C@H](C(=O)Nc1cc(C(F)(F)F)no1)N1Cc2ccccc2C1=O. The number of aromatic nitrogens is 1. The molecule has 126 valence electrons. The molecule has 1 N–H and O–H groups in total. The molecule has 0 radical (unpaired) electrons. The van der Waals surface area contributed by atoms with Crippen molar-refractivity contribution >= 4 is 17.7 Å². The first-order chi connectivity index (χ1) is 11.3. The van der Waals surface area contributed by atoms with Crippen LogP contribution in [0.2, 0.25) is 0 Å². The van der Waals surface area contributed by atoms with Gasteiger partial charge >= 0.3 is 6.18 Å². The molecule has 2 aromatic rings. The van der Waals surface area contributed by atoms with Gasteiger partial charge in [0, 0.05) is 18.2 Å². The average molecular weight is 339 g/mol. The molecule has 1 aliphatic heterocycles. The predicted octanol–water partition coefficient (Wildman–Crippen LogP) is 2.68. The van der Waals surface area contributed by atoms with E-state index >= 15 is 0 Å². The number of nitrogens with zero attached hydrogens (tertiary/aromatic N) is 2. The topological polar surface area (TPSA) is 75.4 Å². The van der Waals surface area contributed by atoms with E-state index in [-0.39, 0.29) is 12.5 Å². The number of nitrogens with one attached hydrogen (secondary N) is 1. The molecule has 0 saturated carbocycles. The number of hydrogen-bond acceptors (Lipinski definition) is 4. The van der Waals surface area contributed by atoms with Crippen LogP contribution >= 0.6 is 0 Å². The maximum atomic E-state index is 12.5. The van der Waals surface area contributed by atoms with Crippen LogP contribution in [0.1, 0.15) is 28.5 Å². The van der Waals surface area contributed by atoms with E-state index in [0.29, 0.717) is 11.6 Å². The van der Waals surface area contributed by atoms with Gasteiger partial charge in [-0.2, -0.15) is 13.2 Å². The Bertz CT molecular complexity index is 801. The summed E-state index contributed by atoms with van der Waals surface area (Å²) in [5, 5.41) is 5.05. The Balaban J connectivity index is 1.70. The zero-order chi connectivity index (χ0) is 17.5. The number of alkyl halides is 3. The van der Waals surface area contributed by atoms with Crippen molar-refractivity contribution in [2.45, 2.75) is 25.7 Å². The summed E-state index contributed by atoms with van der Waals surface area (Å²) in [6, 6.07) is 6.65. The molecule has 1 aromatic heterocycles. The molecule has 1 aromatic carbocycles. The van der Waals surface area contributed by atoms with Crippen LogP contribution in [0.3, 0.4) is 0 Å². The minimum atomic E-state index is -4.66. The first-order valence-electron chi connectivity index (χ1n) is 7.01. The van der Waals surface area contributed by atoms with Crippen molar-refractivity contribution in [3.63, 3.8) is 0 Å². The molecule has 3 rings (SSSR count). The Morgan fingerprint density at radius 1 is 1.38 bits per heavy atom. The highest BCUT2D eigenvalue weighted by molar-refractivity contribution is 6.03. The van der Waals surface area contributed by atoms with Crippen LogP contribution in [0.15, 0.2) is 34.9 Å². The van der Waals surface area contributed by atoms with Crippen LogP contribution < -0.4 is 5.32 Å². The summed E-state index contributed by atoms with van der Waals surface area (Å²) in [6.07, 6.45) is -4.66. The zero-order valence-electron chi connectivity index (χ0n) is 12.4. The van der Waals surface area contributed by atoms with Crippen molar-refractivity contribution in [1.82, 2.24) is 10.1 Å². The Morgan fingerprint density at radius 2 is 2.08 bits per heavy atom. The van der Waals surface area contributed by atoms with Crippen LogP contribution in [0, 0.1) is 0 Å². The molecule has 0 unspecified atom stereocenters. The van der Waals surface area contributed by atoms with Gasteiger partial charge in [-0.05, 0) is 18.6 Å². The van der Waals surface area contributed by atoms with Crippen molar-refractivity contribution in [2.24, 2.45) is 0 Å².